The lowest BCUT2D eigenvalue weighted by atomic mass is 10.1. The van der Waals surface area contributed by atoms with Crippen molar-refractivity contribution in [3.63, 3.8) is 0 Å². The fraction of sp³-hybridized carbons (Fsp3) is 0.273. The predicted octanol–water partition coefficient (Wildman–Crippen LogP) is 2.37. The number of halogens is 2. The quantitative estimate of drug-likeness (QED) is 0.451. The molecule has 0 fully saturated rings. The first-order valence-electron chi connectivity index (χ1n) is 4.65. The average molecular weight is 228 g/mol. The van der Waals surface area contributed by atoms with Crippen molar-refractivity contribution in [1.29, 1.82) is 0 Å². The summed E-state index contributed by atoms with van der Waals surface area (Å²) >= 11 is 0. The van der Waals surface area contributed by atoms with E-state index in [0.29, 0.717) is 0 Å². The van der Waals surface area contributed by atoms with Gasteiger partial charge in [-0.2, -0.15) is 0 Å². The van der Waals surface area contributed by atoms with Crippen molar-refractivity contribution >= 4 is 11.8 Å². The van der Waals surface area contributed by atoms with Crippen molar-refractivity contribution in [3.8, 4) is 0 Å². The van der Waals surface area contributed by atoms with Crippen molar-refractivity contribution in [2.24, 2.45) is 0 Å². The molecule has 16 heavy (non-hydrogen) atoms. The number of Topliss-reactive ketones (excluding diaryl/α,β-unsaturated/α-hetero) is 1. The summed E-state index contributed by atoms with van der Waals surface area (Å²) in [5.74, 6) is -1.81. The van der Waals surface area contributed by atoms with Crippen LogP contribution >= 0.6 is 0 Å². The summed E-state index contributed by atoms with van der Waals surface area (Å²) in [6.07, 6.45) is -2.59. The molecule has 1 aromatic rings. The Bertz CT molecular complexity index is 385. The van der Waals surface area contributed by atoms with E-state index in [0.717, 1.165) is 12.1 Å². The Hall–Kier alpha value is -1.78. The normalized spacial score (nSPS) is 10.2. The van der Waals surface area contributed by atoms with Crippen LogP contribution in [0, 0.1) is 0 Å². The minimum atomic E-state index is -2.59. The number of rotatable bonds is 4. The van der Waals surface area contributed by atoms with Crippen LogP contribution in [0.15, 0.2) is 24.3 Å². The average Bonchev–Trinajstić information content (AvgIpc) is 2.28. The zero-order valence-electron chi connectivity index (χ0n) is 8.57. The van der Waals surface area contributed by atoms with Gasteiger partial charge in [-0.1, -0.05) is 24.3 Å². The third kappa shape index (κ3) is 2.85. The molecule has 0 atom stereocenters. The summed E-state index contributed by atoms with van der Waals surface area (Å²) in [6.45, 7) is 1.67. The van der Waals surface area contributed by atoms with E-state index in [4.69, 9.17) is 0 Å². The molecule has 0 radical (unpaired) electrons. The monoisotopic (exact) mass is 228 g/mol. The topological polar surface area (TPSA) is 43.4 Å². The van der Waals surface area contributed by atoms with Crippen LogP contribution in [0.2, 0.25) is 0 Å². The summed E-state index contributed by atoms with van der Waals surface area (Å²) < 4.78 is 28.9. The van der Waals surface area contributed by atoms with E-state index in [1.165, 1.54) is 12.1 Å². The Morgan fingerprint density at radius 1 is 1.25 bits per heavy atom. The molecule has 1 rings (SSSR count). The van der Waals surface area contributed by atoms with Gasteiger partial charge < -0.3 is 4.74 Å². The summed E-state index contributed by atoms with van der Waals surface area (Å²) in [5, 5.41) is 0. The highest BCUT2D eigenvalue weighted by Crippen LogP contribution is 2.18. The smallest absolute Gasteiger partial charge is 0.379 e. The van der Waals surface area contributed by atoms with Crippen LogP contribution in [0.25, 0.3) is 0 Å². The molecule has 0 N–H and O–H groups in total. The largest absolute Gasteiger partial charge is 0.460 e. The van der Waals surface area contributed by atoms with Crippen LogP contribution in [0.4, 0.5) is 8.78 Å². The second kappa shape index (κ2) is 5.34. The van der Waals surface area contributed by atoms with E-state index >= 15 is 0 Å². The molecule has 0 aromatic heterocycles. The molecule has 0 aliphatic heterocycles. The van der Waals surface area contributed by atoms with Gasteiger partial charge in [-0.25, -0.2) is 13.6 Å². The number of ether oxygens (including phenoxy) is 1. The highest BCUT2D eigenvalue weighted by molar-refractivity contribution is 6.40. The molecule has 0 saturated heterocycles. The summed E-state index contributed by atoms with van der Waals surface area (Å²) in [7, 11) is 0. The molecule has 5 heteroatoms. The van der Waals surface area contributed by atoms with Crippen molar-refractivity contribution in [2.45, 2.75) is 13.3 Å². The maximum absolute atomic E-state index is 12.2. The fourth-order valence-corrected chi connectivity index (χ4v) is 1.09. The Balaban J connectivity index is 2.81. The number of alkyl halides is 2. The van der Waals surface area contributed by atoms with E-state index in [2.05, 4.69) is 4.74 Å². The first-order chi connectivity index (χ1) is 7.56. The second-order valence-electron chi connectivity index (χ2n) is 2.97. The molecule has 1 aromatic carbocycles. The zero-order chi connectivity index (χ0) is 12.1. The van der Waals surface area contributed by atoms with E-state index in [1.54, 1.807) is 6.92 Å². The van der Waals surface area contributed by atoms with Gasteiger partial charge in [0, 0.05) is 11.1 Å². The third-order valence-corrected chi connectivity index (χ3v) is 1.89. The summed E-state index contributed by atoms with van der Waals surface area (Å²) in [4.78, 5) is 22.4. The van der Waals surface area contributed by atoms with Crippen molar-refractivity contribution in [2.75, 3.05) is 6.61 Å². The molecule has 3 nitrogen and oxygen atoms in total. The maximum Gasteiger partial charge on any atom is 0.379 e. The van der Waals surface area contributed by atoms with Gasteiger partial charge >= 0.3 is 5.97 Å². The van der Waals surface area contributed by atoms with Crippen LogP contribution in [-0.2, 0) is 9.53 Å². The molecule has 0 heterocycles. The SMILES string of the molecule is CCOC(=O)C(=O)c1ccc(C(F)F)cc1. The van der Waals surface area contributed by atoms with Crippen molar-refractivity contribution in [1.82, 2.24) is 0 Å². The maximum atomic E-state index is 12.2. The molecular weight excluding hydrogens is 218 g/mol. The molecule has 86 valence electrons. The third-order valence-electron chi connectivity index (χ3n) is 1.89. The second-order valence-corrected chi connectivity index (χ2v) is 2.97. The van der Waals surface area contributed by atoms with Crippen molar-refractivity contribution in [3.05, 3.63) is 35.4 Å². The highest BCUT2D eigenvalue weighted by atomic mass is 19.3. The van der Waals surface area contributed by atoms with Gasteiger partial charge in [0.25, 0.3) is 12.2 Å². The molecular formula is C11H10F2O3. The number of carbonyl (C=O) groups is 2. The lowest BCUT2D eigenvalue weighted by molar-refractivity contribution is -0.137. The number of hydrogen-bond donors (Lipinski definition) is 0. The lowest BCUT2D eigenvalue weighted by Crippen LogP contribution is -2.17. The number of carbonyl (C=O) groups excluding carboxylic acids is 2. The van der Waals surface area contributed by atoms with Gasteiger partial charge in [0.1, 0.15) is 0 Å². The Kier molecular flexibility index (Phi) is 4.10. The van der Waals surface area contributed by atoms with E-state index in [1.807, 2.05) is 0 Å². The van der Waals surface area contributed by atoms with Gasteiger partial charge in [-0.15, -0.1) is 0 Å². The number of ketones is 1. The molecule has 0 unspecified atom stereocenters. The van der Waals surface area contributed by atoms with Crippen LogP contribution in [-0.4, -0.2) is 18.4 Å². The first kappa shape index (κ1) is 12.3. The Labute approximate surface area is 91.0 Å². The molecule has 0 saturated carbocycles. The van der Waals surface area contributed by atoms with Crippen LogP contribution < -0.4 is 0 Å². The Morgan fingerprint density at radius 3 is 2.25 bits per heavy atom. The van der Waals surface area contributed by atoms with Gasteiger partial charge in [0.2, 0.25) is 0 Å². The highest BCUT2D eigenvalue weighted by Gasteiger charge is 2.17. The van der Waals surface area contributed by atoms with E-state index in [-0.39, 0.29) is 17.7 Å². The first-order valence-corrected chi connectivity index (χ1v) is 4.65. The standard InChI is InChI=1S/C11H10F2O3/c1-2-16-11(15)9(14)7-3-5-8(6-4-7)10(12)13/h3-6,10H,2H2,1H3. The molecule has 0 aliphatic rings. The minimum absolute atomic E-state index is 0.0443. The van der Waals surface area contributed by atoms with Gasteiger partial charge in [0.15, 0.2) is 0 Å². The van der Waals surface area contributed by atoms with Gasteiger partial charge in [-0.05, 0) is 6.92 Å². The lowest BCUT2D eigenvalue weighted by Gasteiger charge is -2.02. The zero-order valence-corrected chi connectivity index (χ0v) is 8.57. The number of hydrogen-bond acceptors (Lipinski definition) is 3. The predicted molar refractivity (Wildman–Crippen MR) is 52.4 cm³/mol. The number of benzene rings is 1. The molecule has 0 spiro atoms. The van der Waals surface area contributed by atoms with Crippen LogP contribution in [0.5, 0.6) is 0 Å². The minimum Gasteiger partial charge on any atom is -0.460 e. The molecule has 0 aliphatic carbocycles. The number of esters is 1. The van der Waals surface area contributed by atoms with Gasteiger partial charge in [-0.3, -0.25) is 4.79 Å². The molecule has 0 bridgehead atoms. The summed E-state index contributed by atoms with van der Waals surface area (Å²) in [6, 6.07) is 4.58. The van der Waals surface area contributed by atoms with E-state index in [9.17, 15) is 18.4 Å². The van der Waals surface area contributed by atoms with Crippen LogP contribution in [0.1, 0.15) is 29.3 Å². The molecule has 0 amide bonds. The van der Waals surface area contributed by atoms with Crippen molar-refractivity contribution < 1.29 is 23.1 Å². The summed E-state index contributed by atoms with van der Waals surface area (Å²) in [5.41, 5.74) is -0.150. The van der Waals surface area contributed by atoms with Crippen LogP contribution in [0.3, 0.4) is 0 Å². The Morgan fingerprint density at radius 2 is 1.81 bits per heavy atom. The van der Waals surface area contributed by atoms with Gasteiger partial charge in [0.05, 0.1) is 6.61 Å². The fourth-order valence-electron chi connectivity index (χ4n) is 1.09. The van der Waals surface area contributed by atoms with E-state index < -0.39 is 18.2 Å².